The molecule has 6 heteroatoms. The van der Waals surface area contributed by atoms with Crippen LogP contribution in [0.25, 0.3) is 11.5 Å². The number of hydrogen-bond acceptors (Lipinski definition) is 4. The van der Waals surface area contributed by atoms with Crippen molar-refractivity contribution in [2.45, 2.75) is 12.8 Å². The number of furan rings is 1. The number of carbonyl (C=O) groups is 1. The van der Waals surface area contributed by atoms with Crippen LogP contribution in [0.3, 0.4) is 0 Å². The smallest absolute Gasteiger partial charge is 0.274 e. The van der Waals surface area contributed by atoms with Gasteiger partial charge in [0.05, 0.1) is 6.26 Å². The lowest BCUT2D eigenvalue weighted by atomic mass is 9.98. The maximum Gasteiger partial charge on any atom is 0.274 e. The second kappa shape index (κ2) is 6.13. The number of hydrogen-bond donors (Lipinski definition) is 2. The van der Waals surface area contributed by atoms with Gasteiger partial charge in [0.15, 0.2) is 11.5 Å². The molecular weight excluding hydrogens is 268 g/mol. The Morgan fingerprint density at radius 3 is 3.29 bits per heavy atom. The molecule has 1 fully saturated rings. The minimum atomic E-state index is -0.00939. The van der Waals surface area contributed by atoms with Crippen LogP contribution < -0.4 is 5.32 Å². The van der Waals surface area contributed by atoms with Gasteiger partial charge >= 0.3 is 0 Å². The highest BCUT2D eigenvalue weighted by Gasteiger charge is 2.25. The molecule has 1 unspecified atom stereocenters. The molecule has 0 spiro atoms. The van der Waals surface area contributed by atoms with Crippen molar-refractivity contribution < 1.29 is 9.21 Å². The Balaban J connectivity index is 1.70. The van der Waals surface area contributed by atoms with Gasteiger partial charge in [-0.25, -0.2) is 0 Å². The van der Waals surface area contributed by atoms with Crippen LogP contribution in [0.5, 0.6) is 0 Å². The SMILES string of the molecule is CNCC1CCCN(C(=O)c2cc(-c3ccco3)[nH]n2)C1. The fraction of sp³-hybridized carbons (Fsp3) is 0.467. The molecule has 0 saturated carbocycles. The number of H-pyrrole nitrogens is 1. The van der Waals surface area contributed by atoms with Crippen molar-refractivity contribution in [3.8, 4) is 11.5 Å². The summed E-state index contributed by atoms with van der Waals surface area (Å²) in [6, 6.07) is 5.40. The van der Waals surface area contributed by atoms with Crippen molar-refractivity contribution in [2.24, 2.45) is 5.92 Å². The van der Waals surface area contributed by atoms with Crippen molar-refractivity contribution in [3.63, 3.8) is 0 Å². The van der Waals surface area contributed by atoms with Crippen molar-refractivity contribution in [1.29, 1.82) is 0 Å². The highest BCUT2D eigenvalue weighted by Crippen LogP contribution is 2.21. The first kappa shape index (κ1) is 13.9. The summed E-state index contributed by atoms with van der Waals surface area (Å²) in [6.07, 6.45) is 3.82. The Bertz CT molecular complexity index is 589. The third-order valence-corrected chi connectivity index (χ3v) is 3.88. The summed E-state index contributed by atoms with van der Waals surface area (Å²) in [7, 11) is 1.95. The maximum absolute atomic E-state index is 12.5. The second-order valence-electron chi connectivity index (χ2n) is 5.46. The van der Waals surface area contributed by atoms with Gasteiger partial charge in [-0.05, 0) is 44.5 Å². The Morgan fingerprint density at radius 2 is 2.52 bits per heavy atom. The Hall–Kier alpha value is -2.08. The van der Waals surface area contributed by atoms with Crippen LogP contribution in [-0.2, 0) is 0 Å². The Kier molecular flexibility index (Phi) is 4.06. The summed E-state index contributed by atoms with van der Waals surface area (Å²) in [6.45, 7) is 2.55. The molecule has 0 aromatic carbocycles. The van der Waals surface area contributed by atoms with E-state index >= 15 is 0 Å². The van der Waals surface area contributed by atoms with Crippen LogP contribution in [-0.4, -0.2) is 47.7 Å². The zero-order valence-corrected chi connectivity index (χ0v) is 12.1. The summed E-state index contributed by atoms with van der Waals surface area (Å²) in [5, 5.41) is 10.2. The van der Waals surface area contributed by atoms with Crippen LogP contribution in [0.15, 0.2) is 28.9 Å². The van der Waals surface area contributed by atoms with E-state index in [1.165, 1.54) is 6.42 Å². The zero-order chi connectivity index (χ0) is 14.7. The molecule has 21 heavy (non-hydrogen) atoms. The van der Waals surface area contributed by atoms with E-state index in [4.69, 9.17) is 4.42 Å². The van der Waals surface area contributed by atoms with Crippen molar-refractivity contribution in [3.05, 3.63) is 30.2 Å². The van der Waals surface area contributed by atoms with Crippen LogP contribution >= 0.6 is 0 Å². The van der Waals surface area contributed by atoms with Crippen LogP contribution in [0.4, 0.5) is 0 Å². The van der Waals surface area contributed by atoms with Crippen molar-refractivity contribution in [2.75, 3.05) is 26.7 Å². The summed E-state index contributed by atoms with van der Waals surface area (Å²) in [5.41, 5.74) is 1.18. The summed E-state index contributed by atoms with van der Waals surface area (Å²) >= 11 is 0. The van der Waals surface area contributed by atoms with E-state index < -0.39 is 0 Å². The molecule has 1 atom stereocenters. The van der Waals surface area contributed by atoms with Gasteiger partial charge in [0, 0.05) is 19.2 Å². The van der Waals surface area contributed by atoms with Gasteiger partial charge in [-0.2, -0.15) is 5.10 Å². The van der Waals surface area contributed by atoms with Gasteiger partial charge in [0.2, 0.25) is 0 Å². The first-order valence-electron chi connectivity index (χ1n) is 7.31. The molecule has 6 nitrogen and oxygen atoms in total. The number of nitrogens with zero attached hydrogens (tertiary/aromatic N) is 2. The first-order valence-corrected chi connectivity index (χ1v) is 7.31. The topological polar surface area (TPSA) is 74.2 Å². The molecule has 2 aromatic heterocycles. The van der Waals surface area contributed by atoms with E-state index in [-0.39, 0.29) is 5.91 Å². The van der Waals surface area contributed by atoms with Gasteiger partial charge < -0.3 is 14.6 Å². The number of aromatic amines is 1. The van der Waals surface area contributed by atoms with E-state index in [1.54, 1.807) is 12.3 Å². The predicted molar refractivity (Wildman–Crippen MR) is 78.8 cm³/mol. The number of nitrogens with one attached hydrogen (secondary N) is 2. The number of aromatic nitrogens is 2. The highest BCUT2D eigenvalue weighted by atomic mass is 16.3. The Labute approximate surface area is 123 Å². The largest absolute Gasteiger partial charge is 0.463 e. The van der Waals surface area contributed by atoms with Gasteiger partial charge in [-0.1, -0.05) is 0 Å². The molecule has 1 aliphatic rings. The van der Waals surface area contributed by atoms with Gasteiger partial charge in [0.25, 0.3) is 5.91 Å². The monoisotopic (exact) mass is 288 g/mol. The van der Waals surface area contributed by atoms with Crippen molar-refractivity contribution in [1.82, 2.24) is 20.4 Å². The first-order chi connectivity index (χ1) is 10.3. The number of amides is 1. The van der Waals surface area contributed by atoms with E-state index in [0.29, 0.717) is 17.4 Å². The average molecular weight is 288 g/mol. The van der Waals surface area contributed by atoms with Gasteiger partial charge in [-0.3, -0.25) is 9.89 Å². The molecule has 1 amide bonds. The summed E-state index contributed by atoms with van der Waals surface area (Å²) in [5.74, 6) is 1.20. The number of likely N-dealkylation sites (tertiary alicyclic amines) is 1. The van der Waals surface area contributed by atoms with Crippen LogP contribution in [0.2, 0.25) is 0 Å². The standard InChI is InChI=1S/C15H20N4O2/c1-16-9-11-4-2-6-19(10-11)15(20)13-8-12(17-18-13)14-5-3-7-21-14/h3,5,7-8,11,16H,2,4,6,9-10H2,1H3,(H,17,18). The molecule has 3 heterocycles. The van der Waals surface area contributed by atoms with E-state index in [1.807, 2.05) is 24.1 Å². The van der Waals surface area contributed by atoms with E-state index in [9.17, 15) is 4.79 Å². The predicted octanol–water partition coefficient (Wildman–Crippen LogP) is 1.74. The maximum atomic E-state index is 12.5. The van der Waals surface area contributed by atoms with E-state index in [0.717, 1.165) is 31.7 Å². The van der Waals surface area contributed by atoms with Gasteiger partial charge in [0.1, 0.15) is 5.69 Å². The fourth-order valence-corrected chi connectivity index (χ4v) is 2.86. The molecule has 1 saturated heterocycles. The molecule has 0 bridgehead atoms. The van der Waals surface area contributed by atoms with E-state index in [2.05, 4.69) is 15.5 Å². The molecule has 112 valence electrons. The fourth-order valence-electron chi connectivity index (χ4n) is 2.86. The third-order valence-electron chi connectivity index (χ3n) is 3.88. The molecular formula is C15H20N4O2. The molecule has 2 N–H and O–H groups in total. The van der Waals surface area contributed by atoms with Crippen LogP contribution in [0.1, 0.15) is 23.3 Å². The normalized spacial score (nSPS) is 18.9. The lowest BCUT2D eigenvalue weighted by Gasteiger charge is -2.32. The lowest BCUT2D eigenvalue weighted by Crippen LogP contribution is -2.42. The molecule has 2 aromatic rings. The minimum absolute atomic E-state index is 0.00939. The summed E-state index contributed by atoms with van der Waals surface area (Å²) in [4.78, 5) is 14.4. The van der Waals surface area contributed by atoms with Crippen molar-refractivity contribution >= 4 is 5.91 Å². The quantitative estimate of drug-likeness (QED) is 0.898. The minimum Gasteiger partial charge on any atom is -0.463 e. The molecule has 0 aliphatic carbocycles. The van der Waals surface area contributed by atoms with Crippen LogP contribution in [0, 0.1) is 5.92 Å². The third kappa shape index (κ3) is 3.00. The van der Waals surface area contributed by atoms with Gasteiger partial charge in [-0.15, -0.1) is 0 Å². The summed E-state index contributed by atoms with van der Waals surface area (Å²) < 4.78 is 5.30. The molecule has 0 radical (unpaired) electrons. The molecule has 1 aliphatic heterocycles. The molecule has 3 rings (SSSR count). The zero-order valence-electron chi connectivity index (χ0n) is 12.1. The number of piperidine rings is 1. The second-order valence-corrected chi connectivity index (χ2v) is 5.46. The Morgan fingerprint density at radius 1 is 1.62 bits per heavy atom. The average Bonchev–Trinajstić information content (AvgIpc) is 3.18. The number of carbonyl (C=O) groups excluding carboxylic acids is 1. The highest BCUT2D eigenvalue weighted by molar-refractivity contribution is 5.93. The number of rotatable bonds is 4. The lowest BCUT2D eigenvalue weighted by molar-refractivity contribution is 0.0668.